The Kier molecular flexibility index (Phi) is 2.35. The molecule has 0 saturated heterocycles. The van der Waals surface area contributed by atoms with Gasteiger partial charge in [-0.15, -0.1) is 0 Å². The Hall–Kier alpha value is -1.20. The molecule has 2 N–H and O–H groups in total. The lowest BCUT2D eigenvalue weighted by molar-refractivity contribution is -0.0461. The van der Waals surface area contributed by atoms with Crippen molar-refractivity contribution < 1.29 is 14.9 Å². The molecule has 60 valence electrons. The summed E-state index contributed by atoms with van der Waals surface area (Å²) in [5.41, 5.74) is 0.103. The van der Waals surface area contributed by atoms with Crippen molar-refractivity contribution in [2.45, 2.75) is 6.29 Å². The molecule has 1 aromatic rings. The van der Waals surface area contributed by atoms with E-state index in [0.29, 0.717) is 5.88 Å². The van der Waals surface area contributed by atoms with Gasteiger partial charge in [0, 0.05) is 0 Å². The Labute approximate surface area is 63.3 Å². The Balaban J connectivity index is 2.83. The summed E-state index contributed by atoms with van der Waals surface area (Å²) in [5.74, 6) is 0.342. The van der Waals surface area contributed by atoms with E-state index in [9.17, 15) is 0 Å². The summed E-state index contributed by atoms with van der Waals surface area (Å²) in [7, 11) is 1.46. The predicted molar refractivity (Wildman–Crippen MR) is 35.8 cm³/mol. The lowest BCUT2D eigenvalue weighted by atomic mass is 10.4. The molecule has 0 atom stereocenters. The minimum atomic E-state index is -1.58. The number of nitrogens with zero attached hydrogens (tertiary/aromatic N) is 2. The molecular formula is C6H8N2O3. The molecule has 1 heterocycles. The number of ether oxygens (including phenoxy) is 1. The topological polar surface area (TPSA) is 75.5 Å². The number of hydrogen-bond acceptors (Lipinski definition) is 5. The highest BCUT2D eigenvalue weighted by atomic mass is 16.5. The summed E-state index contributed by atoms with van der Waals surface area (Å²) in [5, 5.41) is 17.2. The third kappa shape index (κ3) is 1.86. The van der Waals surface area contributed by atoms with Gasteiger partial charge in [0.1, 0.15) is 5.69 Å². The lowest BCUT2D eigenvalue weighted by Gasteiger charge is -2.01. The van der Waals surface area contributed by atoms with Crippen molar-refractivity contribution in [3.63, 3.8) is 0 Å². The molecule has 0 aromatic carbocycles. The second-order valence-corrected chi connectivity index (χ2v) is 1.86. The number of aliphatic hydroxyl groups excluding tert-OH is 1. The molecule has 0 spiro atoms. The average Bonchev–Trinajstić information content (AvgIpc) is 2.05. The van der Waals surface area contributed by atoms with Gasteiger partial charge in [-0.05, 0) is 0 Å². The zero-order valence-corrected chi connectivity index (χ0v) is 5.93. The fraction of sp³-hybridized carbons (Fsp3) is 0.333. The van der Waals surface area contributed by atoms with Gasteiger partial charge in [-0.3, -0.25) is 0 Å². The maximum absolute atomic E-state index is 8.60. The second kappa shape index (κ2) is 3.27. The zero-order valence-electron chi connectivity index (χ0n) is 5.93. The number of aliphatic hydroxyl groups is 2. The maximum Gasteiger partial charge on any atom is 0.231 e. The third-order valence-electron chi connectivity index (χ3n) is 1.12. The molecule has 1 rings (SSSR count). The van der Waals surface area contributed by atoms with Crippen molar-refractivity contribution in [2.75, 3.05) is 7.11 Å². The van der Waals surface area contributed by atoms with Crippen LogP contribution in [0.1, 0.15) is 12.0 Å². The van der Waals surface area contributed by atoms with Crippen LogP contribution < -0.4 is 4.74 Å². The van der Waals surface area contributed by atoms with E-state index >= 15 is 0 Å². The van der Waals surface area contributed by atoms with Gasteiger partial charge in [-0.25, -0.2) is 9.97 Å². The zero-order chi connectivity index (χ0) is 8.27. The van der Waals surface area contributed by atoms with E-state index in [1.165, 1.54) is 19.5 Å². The van der Waals surface area contributed by atoms with Crippen LogP contribution in [0.3, 0.4) is 0 Å². The largest absolute Gasteiger partial charge is 0.480 e. The first-order chi connectivity index (χ1) is 5.24. The normalized spacial score (nSPS) is 10.2. The number of rotatable bonds is 2. The van der Waals surface area contributed by atoms with Crippen LogP contribution in [0.4, 0.5) is 0 Å². The minimum Gasteiger partial charge on any atom is -0.480 e. The van der Waals surface area contributed by atoms with E-state index < -0.39 is 6.29 Å². The molecule has 0 aliphatic carbocycles. The molecule has 1 aromatic heterocycles. The van der Waals surface area contributed by atoms with Crippen LogP contribution in [-0.4, -0.2) is 27.3 Å². The van der Waals surface area contributed by atoms with Crippen LogP contribution in [0, 0.1) is 0 Å². The molecule has 11 heavy (non-hydrogen) atoms. The SMILES string of the molecule is COc1cnc(C(O)O)cn1. The van der Waals surface area contributed by atoms with Crippen LogP contribution in [0.5, 0.6) is 5.88 Å². The van der Waals surface area contributed by atoms with E-state index in [2.05, 4.69) is 9.97 Å². The second-order valence-electron chi connectivity index (χ2n) is 1.86. The molecule has 0 bridgehead atoms. The van der Waals surface area contributed by atoms with E-state index in [0.717, 1.165) is 0 Å². The molecule has 5 nitrogen and oxygen atoms in total. The van der Waals surface area contributed by atoms with Gasteiger partial charge in [-0.2, -0.15) is 0 Å². The fourth-order valence-corrected chi connectivity index (χ4v) is 0.565. The summed E-state index contributed by atoms with van der Waals surface area (Å²) in [6.07, 6.45) is 0.978. The van der Waals surface area contributed by atoms with Crippen molar-refractivity contribution in [3.8, 4) is 5.88 Å². The van der Waals surface area contributed by atoms with Gasteiger partial charge in [-0.1, -0.05) is 0 Å². The summed E-state index contributed by atoms with van der Waals surface area (Å²) in [4.78, 5) is 7.38. The molecular weight excluding hydrogens is 148 g/mol. The van der Waals surface area contributed by atoms with Crippen LogP contribution in [-0.2, 0) is 0 Å². The Morgan fingerprint density at radius 3 is 2.45 bits per heavy atom. The molecule has 0 unspecified atom stereocenters. The molecule has 0 aliphatic heterocycles. The number of methoxy groups -OCH3 is 1. The van der Waals surface area contributed by atoms with Gasteiger partial charge in [0.05, 0.1) is 19.5 Å². The summed E-state index contributed by atoms with van der Waals surface area (Å²) >= 11 is 0. The van der Waals surface area contributed by atoms with Gasteiger partial charge in [0.2, 0.25) is 5.88 Å². The van der Waals surface area contributed by atoms with Gasteiger partial charge < -0.3 is 14.9 Å². The first-order valence-electron chi connectivity index (χ1n) is 2.96. The Morgan fingerprint density at radius 1 is 1.36 bits per heavy atom. The standard InChI is InChI=1S/C6H8N2O3/c1-11-5-3-7-4(2-8-5)6(9)10/h2-3,6,9-10H,1H3. The van der Waals surface area contributed by atoms with Crippen LogP contribution in [0.25, 0.3) is 0 Å². The van der Waals surface area contributed by atoms with Crippen LogP contribution in [0.2, 0.25) is 0 Å². The van der Waals surface area contributed by atoms with Crippen molar-refractivity contribution in [3.05, 3.63) is 18.1 Å². The van der Waals surface area contributed by atoms with Crippen LogP contribution >= 0.6 is 0 Å². The maximum atomic E-state index is 8.60. The van der Waals surface area contributed by atoms with Gasteiger partial charge in [0.25, 0.3) is 0 Å². The van der Waals surface area contributed by atoms with Crippen LogP contribution in [0.15, 0.2) is 12.4 Å². The van der Waals surface area contributed by atoms with E-state index in [1.807, 2.05) is 0 Å². The van der Waals surface area contributed by atoms with Crippen molar-refractivity contribution in [1.82, 2.24) is 9.97 Å². The molecule has 0 aliphatic rings. The highest BCUT2D eigenvalue weighted by Gasteiger charge is 2.03. The van der Waals surface area contributed by atoms with Crippen molar-refractivity contribution in [1.29, 1.82) is 0 Å². The predicted octanol–water partition coefficient (Wildman–Crippen LogP) is -0.532. The lowest BCUT2D eigenvalue weighted by Crippen LogP contribution is -1.99. The quantitative estimate of drug-likeness (QED) is 0.563. The fourth-order valence-electron chi connectivity index (χ4n) is 0.565. The van der Waals surface area contributed by atoms with E-state index in [1.54, 1.807) is 0 Å². The molecule has 0 radical (unpaired) electrons. The van der Waals surface area contributed by atoms with Gasteiger partial charge in [0.15, 0.2) is 6.29 Å². The smallest absolute Gasteiger partial charge is 0.231 e. The Bertz CT molecular complexity index is 222. The molecule has 0 saturated carbocycles. The number of hydrogen-bond donors (Lipinski definition) is 2. The summed E-state index contributed by atoms with van der Waals surface area (Å²) in [6, 6.07) is 0. The molecule has 0 amide bonds. The third-order valence-corrected chi connectivity index (χ3v) is 1.12. The van der Waals surface area contributed by atoms with E-state index in [4.69, 9.17) is 14.9 Å². The number of aromatic nitrogens is 2. The highest BCUT2D eigenvalue weighted by Crippen LogP contribution is 2.07. The summed E-state index contributed by atoms with van der Waals surface area (Å²) in [6.45, 7) is 0. The van der Waals surface area contributed by atoms with Crippen molar-refractivity contribution >= 4 is 0 Å². The summed E-state index contributed by atoms with van der Waals surface area (Å²) < 4.78 is 4.71. The molecule has 5 heteroatoms. The Morgan fingerprint density at radius 2 is 2.09 bits per heavy atom. The first-order valence-corrected chi connectivity index (χ1v) is 2.96. The monoisotopic (exact) mass is 156 g/mol. The minimum absolute atomic E-state index is 0.103. The van der Waals surface area contributed by atoms with E-state index in [-0.39, 0.29) is 5.69 Å². The molecule has 0 fully saturated rings. The van der Waals surface area contributed by atoms with Crippen molar-refractivity contribution in [2.24, 2.45) is 0 Å². The average molecular weight is 156 g/mol. The highest BCUT2D eigenvalue weighted by molar-refractivity contribution is 5.07. The van der Waals surface area contributed by atoms with Gasteiger partial charge >= 0.3 is 0 Å². The first kappa shape index (κ1) is 7.90.